The van der Waals surface area contributed by atoms with Gasteiger partial charge >= 0.3 is 5.97 Å². The fourth-order valence-electron chi connectivity index (χ4n) is 2.81. The smallest absolute Gasteiger partial charge is 0.343 e. The van der Waals surface area contributed by atoms with E-state index in [4.69, 9.17) is 10.5 Å². The van der Waals surface area contributed by atoms with Gasteiger partial charge in [0.05, 0.1) is 5.56 Å². The van der Waals surface area contributed by atoms with Gasteiger partial charge < -0.3 is 10.5 Å². The van der Waals surface area contributed by atoms with Crippen LogP contribution in [0.15, 0.2) is 78.9 Å². The number of carbonyl (C=O) groups is 2. The topological polar surface area (TPSA) is 69.4 Å². The molecular weight excluding hydrogens is 374 g/mol. The summed E-state index contributed by atoms with van der Waals surface area (Å²) in [6.45, 7) is 8.50. The summed E-state index contributed by atoms with van der Waals surface area (Å²) in [4.78, 5) is 22.6. The minimum Gasteiger partial charge on any atom is -0.423 e. The van der Waals surface area contributed by atoms with Crippen molar-refractivity contribution in [2.24, 2.45) is 5.73 Å². The molecule has 0 radical (unpaired) electrons. The van der Waals surface area contributed by atoms with Crippen LogP contribution < -0.4 is 10.5 Å². The van der Waals surface area contributed by atoms with E-state index in [1.165, 1.54) is 5.56 Å². The Bertz CT molecular complexity index is 974. The van der Waals surface area contributed by atoms with Crippen molar-refractivity contribution >= 4 is 11.9 Å². The summed E-state index contributed by atoms with van der Waals surface area (Å²) in [6.07, 6.45) is 0.968. The summed E-state index contributed by atoms with van der Waals surface area (Å²) in [7, 11) is 0. The summed E-state index contributed by atoms with van der Waals surface area (Å²) in [6, 6.07) is 23.9. The highest BCUT2D eigenvalue weighted by atomic mass is 16.5. The molecule has 0 fully saturated rings. The van der Waals surface area contributed by atoms with Gasteiger partial charge in [-0.15, -0.1) is 0 Å². The fraction of sp³-hybridized carbons (Fsp3) is 0.231. The predicted octanol–water partition coefficient (Wildman–Crippen LogP) is 5.55. The molecule has 0 saturated carbocycles. The van der Waals surface area contributed by atoms with Gasteiger partial charge in [-0.2, -0.15) is 0 Å². The number of ether oxygens (including phenoxy) is 1. The lowest BCUT2D eigenvalue weighted by Crippen LogP contribution is -2.17. The van der Waals surface area contributed by atoms with Crippen molar-refractivity contribution in [1.82, 2.24) is 0 Å². The first kappa shape index (κ1) is 22.9. The van der Waals surface area contributed by atoms with Gasteiger partial charge in [-0.1, -0.05) is 76.2 Å². The highest BCUT2D eigenvalue weighted by Gasteiger charge is 2.21. The molecule has 0 bridgehead atoms. The standard InChI is InChI=1S/C19H22O2.C7H7NO/c1-5-14-11-12-17(16(13-14)19(2,3)4)21-18(20)15-9-7-6-8-10-15;8-7(9)6-4-2-1-3-5-6/h6-13H,5H2,1-4H3;1-5H,(H2,8,9). The number of benzene rings is 3. The van der Waals surface area contributed by atoms with E-state index in [1.807, 2.05) is 36.4 Å². The molecule has 0 atom stereocenters. The van der Waals surface area contributed by atoms with Crippen LogP contribution >= 0.6 is 0 Å². The molecule has 0 saturated heterocycles. The maximum absolute atomic E-state index is 12.2. The molecule has 156 valence electrons. The second kappa shape index (κ2) is 10.4. The van der Waals surface area contributed by atoms with Gasteiger partial charge in [-0.25, -0.2) is 4.79 Å². The molecule has 30 heavy (non-hydrogen) atoms. The molecule has 0 aliphatic rings. The Morgan fingerprint density at radius 1 is 0.833 bits per heavy atom. The number of carbonyl (C=O) groups excluding carboxylic acids is 2. The van der Waals surface area contributed by atoms with Gasteiger partial charge in [0.25, 0.3) is 0 Å². The lowest BCUT2D eigenvalue weighted by atomic mass is 9.85. The second-order valence-corrected chi connectivity index (χ2v) is 7.92. The lowest BCUT2D eigenvalue weighted by Gasteiger charge is -2.23. The fourth-order valence-corrected chi connectivity index (χ4v) is 2.81. The van der Waals surface area contributed by atoms with Crippen molar-refractivity contribution in [3.8, 4) is 5.75 Å². The van der Waals surface area contributed by atoms with Crippen molar-refractivity contribution in [3.05, 3.63) is 101 Å². The highest BCUT2D eigenvalue weighted by molar-refractivity contribution is 5.92. The van der Waals surface area contributed by atoms with E-state index in [0.717, 1.165) is 12.0 Å². The van der Waals surface area contributed by atoms with Gasteiger partial charge in [0.2, 0.25) is 5.91 Å². The Morgan fingerprint density at radius 2 is 1.37 bits per heavy atom. The average molecular weight is 404 g/mol. The van der Waals surface area contributed by atoms with Gasteiger partial charge in [0, 0.05) is 11.1 Å². The summed E-state index contributed by atoms with van der Waals surface area (Å²) >= 11 is 0. The quantitative estimate of drug-likeness (QED) is 0.458. The monoisotopic (exact) mass is 403 g/mol. The Labute approximate surface area is 178 Å². The first-order valence-corrected chi connectivity index (χ1v) is 9.98. The average Bonchev–Trinajstić information content (AvgIpc) is 2.75. The third-order valence-corrected chi connectivity index (χ3v) is 4.53. The third kappa shape index (κ3) is 6.59. The number of amides is 1. The molecule has 0 unspecified atom stereocenters. The van der Waals surface area contributed by atoms with E-state index in [1.54, 1.807) is 36.4 Å². The van der Waals surface area contributed by atoms with Crippen LogP contribution in [0.2, 0.25) is 0 Å². The normalized spacial score (nSPS) is 10.5. The van der Waals surface area contributed by atoms with Crippen LogP contribution in [0.5, 0.6) is 5.75 Å². The number of rotatable bonds is 4. The van der Waals surface area contributed by atoms with Gasteiger partial charge in [0.1, 0.15) is 5.75 Å². The maximum atomic E-state index is 12.2. The van der Waals surface area contributed by atoms with Crippen LogP contribution in [0.3, 0.4) is 0 Å². The number of nitrogens with two attached hydrogens (primary N) is 1. The minimum absolute atomic E-state index is 0.0719. The molecule has 4 nitrogen and oxygen atoms in total. The lowest BCUT2D eigenvalue weighted by molar-refractivity contribution is 0.0731. The van der Waals surface area contributed by atoms with E-state index >= 15 is 0 Å². The zero-order chi connectivity index (χ0) is 22.1. The third-order valence-electron chi connectivity index (χ3n) is 4.53. The van der Waals surface area contributed by atoms with Gasteiger partial charge in [-0.3, -0.25) is 4.79 Å². The molecule has 0 heterocycles. The molecule has 2 N–H and O–H groups in total. The first-order valence-electron chi connectivity index (χ1n) is 9.98. The predicted molar refractivity (Wildman–Crippen MR) is 121 cm³/mol. The summed E-state index contributed by atoms with van der Waals surface area (Å²) in [5.74, 6) is -0.0468. The van der Waals surface area contributed by atoms with Crippen molar-refractivity contribution in [1.29, 1.82) is 0 Å². The van der Waals surface area contributed by atoms with Crippen LogP contribution in [-0.4, -0.2) is 11.9 Å². The second-order valence-electron chi connectivity index (χ2n) is 7.92. The number of hydrogen-bond acceptors (Lipinski definition) is 3. The molecule has 3 rings (SSSR count). The van der Waals surface area contributed by atoms with Crippen LogP contribution in [-0.2, 0) is 11.8 Å². The van der Waals surface area contributed by atoms with Crippen molar-refractivity contribution < 1.29 is 14.3 Å². The van der Waals surface area contributed by atoms with Crippen LogP contribution in [0.4, 0.5) is 0 Å². The molecular formula is C26H29NO3. The van der Waals surface area contributed by atoms with E-state index in [2.05, 4.69) is 33.8 Å². The number of hydrogen-bond donors (Lipinski definition) is 1. The number of esters is 1. The molecule has 3 aromatic carbocycles. The molecule has 3 aromatic rings. The van der Waals surface area contributed by atoms with Crippen LogP contribution in [0, 0.1) is 0 Å². The highest BCUT2D eigenvalue weighted by Crippen LogP contribution is 2.32. The molecule has 0 aliphatic carbocycles. The van der Waals surface area contributed by atoms with Gasteiger partial charge in [-0.05, 0) is 47.7 Å². The summed E-state index contributed by atoms with van der Waals surface area (Å²) < 4.78 is 5.62. The molecule has 0 spiro atoms. The van der Waals surface area contributed by atoms with E-state index < -0.39 is 0 Å². The largest absolute Gasteiger partial charge is 0.423 e. The van der Waals surface area contributed by atoms with Crippen LogP contribution in [0.1, 0.15) is 59.5 Å². The maximum Gasteiger partial charge on any atom is 0.343 e. The van der Waals surface area contributed by atoms with Crippen molar-refractivity contribution in [3.63, 3.8) is 0 Å². The van der Waals surface area contributed by atoms with Gasteiger partial charge in [0.15, 0.2) is 0 Å². The van der Waals surface area contributed by atoms with Crippen molar-refractivity contribution in [2.75, 3.05) is 0 Å². The van der Waals surface area contributed by atoms with E-state index in [9.17, 15) is 9.59 Å². The van der Waals surface area contributed by atoms with Crippen molar-refractivity contribution in [2.45, 2.75) is 39.5 Å². The SMILES string of the molecule is CCc1ccc(OC(=O)c2ccccc2)c(C(C)(C)C)c1.NC(=O)c1ccccc1. The Morgan fingerprint density at radius 3 is 1.80 bits per heavy atom. The molecule has 0 aliphatic heterocycles. The Hall–Kier alpha value is -3.40. The van der Waals surface area contributed by atoms with Crippen LogP contribution in [0.25, 0.3) is 0 Å². The zero-order valence-corrected chi connectivity index (χ0v) is 18.0. The Balaban J connectivity index is 0.000000297. The van der Waals surface area contributed by atoms with E-state index in [-0.39, 0.29) is 17.3 Å². The molecule has 4 heteroatoms. The summed E-state index contributed by atoms with van der Waals surface area (Å²) in [5.41, 5.74) is 8.33. The number of primary amides is 1. The minimum atomic E-state index is -0.379. The molecule has 0 aromatic heterocycles. The Kier molecular flexibility index (Phi) is 7.93. The first-order chi connectivity index (χ1) is 14.2. The molecule has 1 amide bonds. The van der Waals surface area contributed by atoms with E-state index in [0.29, 0.717) is 16.9 Å². The number of aryl methyl sites for hydroxylation is 1. The summed E-state index contributed by atoms with van der Waals surface area (Å²) in [5, 5.41) is 0. The zero-order valence-electron chi connectivity index (χ0n) is 18.0.